The van der Waals surface area contributed by atoms with E-state index >= 15 is 0 Å². The van der Waals surface area contributed by atoms with Crippen molar-refractivity contribution in [3.05, 3.63) is 18.2 Å². The Morgan fingerprint density at radius 1 is 1.19 bits per heavy atom. The lowest BCUT2D eigenvalue weighted by atomic mass is 10.1. The molecular weight excluding hydrogens is 340 g/mol. The van der Waals surface area contributed by atoms with E-state index in [9.17, 15) is 19.2 Å². The summed E-state index contributed by atoms with van der Waals surface area (Å²) in [7, 11) is 1.50. The number of carbonyl (C=O) groups is 4. The number of rotatable bonds is 7. The number of benzene rings is 1. The van der Waals surface area contributed by atoms with E-state index in [4.69, 9.17) is 4.74 Å². The Hall–Kier alpha value is -3.10. The van der Waals surface area contributed by atoms with Crippen LogP contribution in [0.15, 0.2) is 18.2 Å². The van der Waals surface area contributed by atoms with Crippen molar-refractivity contribution in [3.63, 3.8) is 0 Å². The van der Waals surface area contributed by atoms with E-state index in [1.165, 1.54) is 7.11 Å². The molecule has 1 fully saturated rings. The molecule has 1 aliphatic rings. The molecule has 5 amide bonds. The summed E-state index contributed by atoms with van der Waals surface area (Å²) in [4.78, 5) is 46.7. The van der Waals surface area contributed by atoms with Crippen LogP contribution in [-0.2, 0) is 14.4 Å². The average Bonchev–Trinajstić information content (AvgIpc) is 2.91. The van der Waals surface area contributed by atoms with Gasteiger partial charge in [0.15, 0.2) is 0 Å². The Kier molecular flexibility index (Phi) is 6.16. The molecule has 4 N–H and O–H groups in total. The number of hydrogen-bond acceptors (Lipinski definition) is 5. The van der Waals surface area contributed by atoms with Crippen LogP contribution < -0.4 is 26.0 Å². The van der Waals surface area contributed by atoms with E-state index in [0.29, 0.717) is 17.1 Å². The number of ether oxygens (including phenoxy) is 1. The molecule has 2 rings (SSSR count). The third-order valence-electron chi connectivity index (χ3n) is 3.80. The minimum absolute atomic E-state index is 0.0297. The second-order valence-corrected chi connectivity index (χ2v) is 6.16. The Morgan fingerprint density at radius 3 is 2.50 bits per heavy atom. The van der Waals surface area contributed by atoms with Crippen LogP contribution in [0.2, 0.25) is 0 Å². The molecule has 9 nitrogen and oxygen atoms in total. The third kappa shape index (κ3) is 4.95. The van der Waals surface area contributed by atoms with Crippen LogP contribution in [0.25, 0.3) is 0 Å². The van der Waals surface area contributed by atoms with Crippen molar-refractivity contribution < 1.29 is 23.9 Å². The first-order chi connectivity index (χ1) is 12.3. The minimum atomic E-state index is -0.718. The predicted molar refractivity (Wildman–Crippen MR) is 94.8 cm³/mol. The molecule has 1 aliphatic heterocycles. The summed E-state index contributed by atoms with van der Waals surface area (Å²) < 4.78 is 5.15. The van der Waals surface area contributed by atoms with Gasteiger partial charge in [0.05, 0.1) is 18.5 Å². The lowest BCUT2D eigenvalue weighted by Gasteiger charge is -2.15. The molecule has 9 heteroatoms. The van der Waals surface area contributed by atoms with Crippen LogP contribution in [0, 0.1) is 5.92 Å². The van der Waals surface area contributed by atoms with Gasteiger partial charge in [0.1, 0.15) is 11.8 Å². The van der Waals surface area contributed by atoms with Crippen LogP contribution in [0.4, 0.5) is 16.2 Å². The van der Waals surface area contributed by atoms with Gasteiger partial charge in [-0.25, -0.2) is 4.79 Å². The van der Waals surface area contributed by atoms with Crippen molar-refractivity contribution in [2.24, 2.45) is 5.92 Å². The van der Waals surface area contributed by atoms with Gasteiger partial charge in [-0.05, 0) is 18.6 Å². The Bertz CT molecular complexity index is 732. The monoisotopic (exact) mass is 362 g/mol. The van der Waals surface area contributed by atoms with Crippen molar-refractivity contribution in [2.45, 2.75) is 32.7 Å². The zero-order valence-corrected chi connectivity index (χ0v) is 14.8. The van der Waals surface area contributed by atoms with Crippen molar-refractivity contribution >= 4 is 35.1 Å². The standard InChI is InChI=1S/C17H22N4O5/c1-9(2)15(23)19-13-8-10(26-3)4-5-11(13)18-14(22)7-6-12-16(24)21-17(25)20-12/h4-5,8-9,12H,6-7H2,1-3H3,(H,18,22)(H,19,23)(H2,20,21,24,25)/t12-/m0/s1. The van der Waals surface area contributed by atoms with Gasteiger partial charge in [0.25, 0.3) is 5.91 Å². The van der Waals surface area contributed by atoms with E-state index in [1.807, 2.05) is 0 Å². The van der Waals surface area contributed by atoms with Crippen molar-refractivity contribution in [3.8, 4) is 5.75 Å². The third-order valence-corrected chi connectivity index (χ3v) is 3.80. The predicted octanol–water partition coefficient (Wildman–Crippen LogP) is 1.22. The highest BCUT2D eigenvalue weighted by Gasteiger charge is 2.29. The maximum atomic E-state index is 12.2. The number of urea groups is 1. The highest BCUT2D eigenvalue weighted by atomic mass is 16.5. The molecule has 0 spiro atoms. The van der Waals surface area contributed by atoms with Gasteiger partial charge in [0, 0.05) is 18.4 Å². The first-order valence-electron chi connectivity index (χ1n) is 8.20. The number of imide groups is 1. The van der Waals surface area contributed by atoms with Crippen LogP contribution >= 0.6 is 0 Å². The fourth-order valence-electron chi connectivity index (χ4n) is 2.29. The molecule has 26 heavy (non-hydrogen) atoms. The van der Waals surface area contributed by atoms with Gasteiger partial charge < -0.3 is 20.7 Å². The lowest BCUT2D eigenvalue weighted by Crippen LogP contribution is -2.30. The Balaban J connectivity index is 2.02. The van der Waals surface area contributed by atoms with Crippen molar-refractivity contribution in [2.75, 3.05) is 17.7 Å². The van der Waals surface area contributed by atoms with Crippen molar-refractivity contribution in [1.82, 2.24) is 10.6 Å². The summed E-state index contributed by atoms with van der Waals surface area (Å²) in [6.07, 6.45) is 0.204. The van der Waals surface area contributed by atoms with Crippen LogP contribution in [0.1, 0.15) is 26.7 Å². The quantitative estimate of drug-likeness (QED) is 0.543. The summed E-state index contributed by atoms with van der Waals surface area (Å²) in [5.74, 6) is -0.679. The molecule has 0 aromatic heterocycles. The summed E-state index contributed by atoms with van der Waals surface area (Å²) in [5.41, 5.74) is 0.841. The molecule has 140 valence electrons. The van der Waals surface area contributed by atoms with E-state index in [2.05, 4.69) is 21.3 Å². The highest BCUT2D eigenvalue weighted by Crippen LogP contribution is 2.28. The number of hydrogen-bond donors (Lipinski definition) is 4. The first-order valence-corrected chi connectivity index (χ1v) is 8.20. The number of carbonyl (C=O) groups excluding carboxylic acids is 4. The zero-order valence-electron chi connectivity index (χ0n) is 14.8. The van der Waals surface area contributed by atoms with Gasteiger partial charge in [0.2, 0.25) is 11.8 Å². The van der Waals surface area contributed by atoms with Crippen molar-refractivity contribution in [1.29, 1.82) is 0 Å². The van der Waals surface area contributed by atoms with Gasteiger partial charge in [-0.2, -0.15) is 0 Å². The molecule has 1 aromatic rings. The summed E-state index contributed by atoms with van der Waals surface area (Å²) >= 11 is 0. The largest absolute Gasteiger partial charge is 0.497 e. The van der Waals surface area contributed by atoms with Gasteiger partial charge in [-0.15, -0.1) is 0 Å². The molecule has 1 aromatic carbocycles. The van der Waals surface area contributed by atoms with E-state index in [0.717, 1.165) is 0 Å². The van der Waals surface area contributed by atoms with Gasteiger partial charge in [-0.1, -0.05) is 13.8 Å². The normalized spacial score (nSPS) is 16.1. The molecule has 1 heterocycles. The average molecular weight is 362 g/mol. The Labute approximate surface area is 150 Å². The second-order valence-electron chi connectivity index (χ2n) is 6.16. The topological polar surface area (TPSA) is 126 Å². The number of nitrogens with one attached hydrogen (secondary N) is 4. The molecule has 0 bridgehead atoms. The number of amides is 5. The van der Waals surface area contributed by atoms with Crippen LogP contribution in [0.3, 0.4) is 0 Å². The molecule has 0 radical (unpaired) electrons. The smallest absolute Gasteiger partial charge is 0.322 e. The van der Waals surface area contributed by atoms with Crippen LogP contribution in [0.5, 0.6) is 5.75 Å². The van der Waals surface area contributed by atoms with E-state index in [1.54, 1.807) is 32.0 Å². The highest BCUT2D eigenvalue weighted by molar-refractivity contribution is 6.04. The van der Waals surface area contributed by atoms with Crippen LogP contribution in [-0.4, -0.2) is 36.9 Å². The second kappa shape index (κ2) is 8.32. The molecule has 0 aliphatic carbocycles. The first kappa shape index (κ1) is 19.2. The SMILES string of the molecule is COc1ccc(NC(=O)CC[C@@H]2NC(=O)NC2=O)c(NC(=O)C(C)C)c1. The van der Waals surface area contributed by atoms with Gasteiger partial charge in [-0.3, -0.25) is 19.7 Å². The number of methoxy groups -OCH3 is 1. The van der Waals surface area contributed by atoms with Gasteiger partial charge >= 0.3 is 6.03 Å². The fraction of sp³-hybridized carbons (Fsp3) is 0.412. The lowest BCUT2D eigenvalue weighted by molar-refractivity contribution is -0.121. The van der Waals surface area contributed by atoms with E-state index in [-0.39, 0.29) is 30.6 Å². The van der Waals surface area contributed by atoms with E-state index < -0.39 is 18.0 Å². The maximum Gasteiger partial charge on any atom is 0.322 e. The molecule has 1 saturated heterocycles. The maximum absolute atomic E-state index is 12.2. The molecule has 0 saturated carbocycles. The minimum Gasteiger partial charge on any atom is -0.497 e. The summed E-state index contributed by atoms with van der Waals surface area (Å²) in [5, 5.41) is 9.99. The summed E-state index contributed by atoms with van der Waals surface area (Å²) in [6.45, 7) is 3.52. The Morgan fingerprint density at radius 2 is 1.92 bits per heavy atom. The zero-order chi connectivity index (χ0) is 19.3. The molecule has 1 atom stereocenters. The molecule has 0 unspecified atom stereocenters. The fourth-order valence-corrected chi connectivity index (χ4v) is 2.29. The summed E-state index contributed by atoms with van der Waals surface area (Å²) in [6, 6.07) is 3.61. The number of anilines is 2. The molecular formula is C17H22N4O5.